The van der Waals surface area contributed by atoms with Crippen molar-refractivity contribution >= 4 is 56.2 Å². The van der Waals surface area contributed by atoms with Gasteiger partial charge in [0, 0.05) is 27.1 Å². The summed E-state index contributed by atoms with van der Waals surface area (Å²) in [5.41, 5.74) is 3.31. The first-order chi connectivity index (χ1) is 12.6. The average molecular weight is 426 g/mol. The molecule has 0 fully saturated rings. The summed E-state index contributed by atoms with van der Waals surface area (Å²) in [6.45, 7) is 0. The lowest BCUT2D eigenvalue weighted by molar-refractivity contribution is 0.0977. The van der Waals surface area contributed by atoms with Gasteiger partial charge in [-0.15, -0.1) is 0 Å². The van der Waals surface area contributed by atoms with Crippen LogP contribution in [0.3, 0.4) is 0 Å². The number of halogens is 1. The zero-order valence-electron chi connectivity index (χ0n) is 13.7. The fourth-order valence-electron chi connectivity index (χ4n) is 2.29. The Bertz CT molecular complexity index is 914. The van der Waals surface area contributed by atoms with Crippen LogP contribution >= 0.6 is 28.1 Å². The number of para-hydroxylation sites is 1. The van der Waals surface area contributed by atoms with Gasteiger partial charge in [0.15, 0.2) is 5.11 Å². The van der Waals surface area contributed by atoms with Crippen molar-refractivity contribution in [3.8, 4) is 0 Å². The molecule has 6 heteroatoms. The van der Waals surface area contributed by atoms with Crippen LogP contribution in [0.25, 0.3) is 0 Å². The van der Waals surface area contributed by atoms with E-state index in [1.165, 1.54) is 0 Å². The van der Waals surface area contributed by atoms with Gasteiger partial charge in [-0.05, 0) is 66.8 Å². The summed E-state index contributed by atoms with van der Waals surface area (Å²) in [4.78, 5) is 12.2. The number of amides is 1. The summed E-state index contributed by atoms with van der Waals surface area (Å²) in [5.74, 6) is -0.258. The van der Waals surface area contributed by atoms with Crippen molar-refractivity contribution < 1.29 is 4.79 Å². The Hall–Kier alpha value is -2.70. The first-order valence-corrected chi connectivity index (χ1v) is 9.10. The van der Waals surface area contributed by atoms with Crippen LogP contribution in [0, 0.1) is 0 Å². The van der Waals surface area contributed by atoms with Crippen LogP contribution in [0.2, 0.25) is 0 Å². The van der Waals surface area contributed by atoms with Gasteiger partial charge in [0.1, 0.15) is 0 Å². The molecule has 0 aromatic heterocycles. The molecule has 1 amide bonds. The number of hydrogen-bond donors (Lipinski definition) is 3. The van der Waals surface area contributed by atoms with Crippen LogP contribution in [0.4, 0.5) is 17.1 Å². The molecule has 0 atom stereocenters. The van der Waals surface area contributed by atoms with Crippen LogP contribution in [-0.4, -0.2) is 11.0 Å². The maximum Gasteiger partial charge on any atom is 0.257 e. The number of rotatable bonds is 4. The molecule has 3 rings (SSSR count). The molecule has 3 aromatic carbocycles. The molecule has 0 aliphatic carbocycles. The number of benzene rings is 3. The summed E-state index contributed by atoms with van der Waals surface area (Å²) in [7, 11) is 0. The molecule has 0 bridgehead atoms. The monoisotopic (exact) mass is 425 g/mol. The third-order valence-electron chi connectivity index (χ3n) is 3.52. The minimum atomic E-state index is -0.258. The highest BCUT2D eigenvalue weighted by molar-refractivity contribution is 9.10. The third-order valence-corrected chi connectivity index (χ3v) is 4.22. The zero-order valence-corrected chi connectivity index (χ0v) is 16.1. The zero-order chi connectivity index (χ0) is 18.4. The van der Waals surface area contributed by atoms with Crippen molar-refractivity contribution in [3.63, 3.8) is 0 Å². The Labute approximate surface area is 165 Å². The number of thiocarbonyl (C=S) groups is 1. The normalized spacial score (nSPS) is 10.0. The highest BCUT2D eigenvalue weighted by Crippen LogP contribution is 2.18. The first kappa shape index (κ1) is 18.1. The molecular weight excluding hydrogens is 410 g/mol. The quantitative estimate of drug-likeness (QED) is 0.495. The largest absolute Gasteiger partial charge is 0.356 e. The van der Waals surface area contributed by atoms with E-state index >= 15 is 0 Å². The minimum Gasteiger partial charge on any atom is -0.356 e. The lowest BCUT2D eigenvalue weighted by Crippen LogP contribution is -2.34. The molecule has 0 radical (unpaired) electrons. The van der Waals surface area contributed by atoms with Gasteiger partial charge < -0.3 is 10.6 Å². The molecule has 0 saturated heterocycles. The summed E-state index contributed by atoms with van der Waals surface area (Å²) in [6, 6.07) is 24.7. The molecular formula is C20H16BrN3OS. The van der Waals surface area contributed by atoms with Gasteiger partial charge >= 0.3 is 0 Å². The second kappa shape index (κ2) is 8.60. The molecule has 0 aliphatic heterocycles. The molecule has 130 valence electrons. The Morgan fingerprint density at radius 3 is 2.15 bits per heavy atom. The number of carbonyl (C=O) groups excluding carboxylic acids is 1. The van der Waals surface area contributed by atoms with Crippen molar-refractivity contribution in [2.45, 2.75) is 0 Å². The van der Waals surface area contributed by atoms with E-state index in [4.69, 9.17) is 12.2 Å². The molecule has 3 aromatic rings. The fourth-order valence-corrected chi connectivity index (χ4v) is 2.90. The van der Waals surface area contributed by atoms with Crippen molar-refractivity contribution in [2.24, 2.45) is 0 Å². The smallest absolute Gasteiger partial charge is 0.257 e. The summed E-state index contributed by atoms with van der Waals surface area (Å²) in [6.07, 6.45) is 0. The molecule has 0 saturated carbocycles. The standard InChI is InChI=1S/C20H16BrN3OS/c21-15-6-4-5-14(13-15)19(25)24-20(26)23-18-11-9-17(10-12-18)22-16-7-2-1-3-8-16/h1-13,22H,(H2,23,24,25,26). The first-order valence-electron chi connectivity index (χ1n) is 7.90. The number of anilines is 3. The molecule has 0 aliphatic rings. The number of carbonyl (C=O) groups is 1. The molecule has 0 unspecified atom stereocenters. The third kappa shape index (κ3) is 5.15. The number of nitrogens with one attached hydrogen (secondary N) is 3. The van der Waals surface area contributed by atoms with Crippen LogP contribution in [0.5, 0.6) is 0 Å². The Morgan fingerprint density at radius 1 is 0.808 bits per heavy atom. The predicted octanol–water partition coefficient (Wildman–Crippen LogP) is 5.32. The lowest BCUT2D eigenvalue weighted by Gasteiger charge is -2.11. The minimum absolute atomic E-state index is 0.249. The molecule has 0 spiro atoms. The van der Waals surface area contributed by atoms with E-state index in [9.17, 15) is 4.79 Å². The SMILES string of the molecule is O=C(NC(=S)Nc1ccc(Nc2ccccc2)cc1)c1cccc(Br)c1. The van der Waals surface area contributed by atoms with E-state index in [-0.39, 0.29) is 11.0 Å². The highest BCUT2D eigenvalue weighted by Gasteiger charge is 2.08. The van der Waals surface area contributed by atoms with E-state index in [0.717, 1.165) is 21.5 Å². The molecule has 0 heterocycles. The van der Waals surface area contributed by atoms with Crippen LogP contribution in [-0.2, 0) is 0 Å². The van der Waals surface area contributed by atoms with Gasteiger partial charge in [-0.3, -0.25) is 10.1 Å². The topological polar surface area (TPSA) is 53.2 Å². The summed E-state index contributed by atoms with van der Waals surface area (Å²) < 4.78 is 0.838. The summed E-state index contributed by atoms with van der Waals surface area (Å²) >= 11 is 8.56. The van der Waals surface area contributed by atoms with Gasteiger partial charge in [0.05, 0.1) is 0 Å². The second-order valence-electron chi connectivity index (χ2n) is 5.49. The Balaban J connectivity index is 1.56. The van der Waals surface area contributed by atoms with Crippen LogP contribution < -0.4 is 16.0 Å². The summed E-state index contributed by atoms with van der Waals surface area (Å²) in [5, 5.41) is 9.24. The molecule has 3 N–H and O–H groups in total. The van der Waals surface area contributed by atoms with E-state index < -0.39 is 0 Å². The molecule has 4 nitrogen and oxygen atoms in total. The van der Waals surface area contributed by atoms with E-state index in [1.807, 2.05) is 60.7 Å². The van der Waals surface area contributed by atoms with Gasteiger partial charge in [-0.25, -0.2) is 0 Å². The van der Waals surface area contributed by atoms with Gasteiger partial charge in [-0.2, -0.15) is 0 Å². The predicted molar refractivity (Wildman–Crippen MR) is 114 cm³/mol. The van der Waals surface area contributed by atoms with E-state index in [0.29, 0.717) is 5.56 Å². The van der Waals surface area contributed by atoms with Crippen molar-refractivity contribution in [3.05, 3.63) is 88.9 Å². The van der Waals surface area contributed by atoms with E-state index in [1.54, 1.807) is 18.2 Å². The lowest BCUT2D eigenvalue weighted by atomic mass is 10.2. The van der Waals surface area contributed by atoms with Gasteiger partial charge in [0.25, 0.3) is 5.91 Å². The van der Waals surface area contributed by atoms with E-state index in [2.05, 4.69) is 31.9 Å². The fraction of sp³-hybridized carbons (Fsp3) is 0. The van der Waals surface area contributed by atoms with Crippen LogP contribution in [0.15, 0.2) is 83.3 Å². The maximum atomic E-state index is 12.2. The maximum absolute atomic E-state index is 12.2. The van der Waals surface area contributed by atoms with Crippen molar-refractivity contribution in [1.29, 1.82) is 0 Å². The van der Waals surface area contributed by atoms with Gasteiger partial charge in [-0.1, -0.05) is 40.2 Å². The van der Waals surface area contributed by atoms with Gasteiger partial charge in [0.2, 0.25) is 0 Å². The Morgan fingerprint density at radius 2 is 1.46 bits per heavy atom. The highest BCUT2D eigenvalue weighted by atomic mass is 79.9. The number of hydrogen-bond acceptors (Lipinski definition) is 3. The van der Waals surface area contributed by atoms with Crippen LogP contribution in [0.1, 0.15) is 10.4 Å². The van der Waals surface area contributed by atoms with Crippen molar-refractivity contribution in [2.75, 3.05) is 10.6 Å². The molecule has 26 heavy (non-hydrogen) atoms. The Kier molecular flexibility index (Phi) is 5.99. The second-order valence-corrected chi connectivity index (χ2v) is 6.81. The average Bonchev–Trinajstić information content (AvgIpc) is 2.64. The van der Waals surface area contributed by atoms with Crippen molar-refractivity contribution in [1.82, 2.24) is 5.32 Å².